The average Bonchev–Trinajstić information content (AvgIpc) is 3.00. The van der Waals surface area contributed by atoms with Crippen molar-refractivity contribution in [3.8, 4) is 6.07 Å². The third-order valence-electron chi connectivity index (χ3n) is 6.72. The summed E-state index contributed by atoms with van der Waals surface area (Å²) in [5.41, 5.74) is -4.16. The number of aliphatic hydroxyl groups excluding tert-OH is 1. The fourth-order valence-electron chi connectivity index (χ4n) is 4.63. The number of halogens is 4. The van der Waals surface area contributed by atoms with Crippen LogP contribution in [-0.4, -0.2) is 63.2 Å². The number of piperidine rings is 1. The zero-order chi connectivity index (χ0) is 24.2. The lowest BCUT2D eigenvalue weighted by molar-refractivity contribution is -0.0510. The molecule has 0 amide bonds. The van der Waals surface area contributed by atoms with Gasteiger partial charge in [0.1, 0.15) is 11.6 Å². The topological polar surface area (TPSA) is 124 Å². The van der Waals surface area contributed by atoms with E-state index in [-0.39, 0.29) is 27.1 Å². The number of aliphatic hydroxyl groups is 1. The van der Waals surface area contributed by atoms with E-state index in [0.717, 1.165) is 25.7 Å². The van der Waals surface area contributed by atoms with Gasteiger partial charge < -0.3 is 10.4 Å². The molecular weight excluding hydrogens is 485 g/mol. The monoisotopic (exact) mass is 506 g/mol. The molecule has 9 nitrogen and oxygen atoms in total. The lowest BCUT2D eigenvalue weighted by Gasteiger charge is -2.41. The molecule has 1 aliphatic heterocycles. The van der Waals surface area contributed by atoms with Gasteiger partial charge in [-0.15, -0.1) is 5.10 Å². The summed E-state index contributed by atoms with van der Waals surface area (Å²) in [5.74, 6) is 0.0849. The van der Waals surface area contributed by atoms with Gasteiger partial charge in [-0.2, -0.15) is 22.7 Å². The highest BCUT2D eigenvalue weighted by Gasteiger charge is 2.51. The number of nitriles is 1. The smallest absolute Gasteiger partial charge is 0.390 e. The molecule has 1 saturated heterocycles. The fourth-order valence-corrected chi connectivity index (χ4v) is 5.88. The molecule has 2 aromatic rings. The molecule has 0 radical (unpaired) electrons. The number of nitrogens with zero attached hydrogens (tertiary/aromatic N) is 5. The minimum Gasteiger partial charge on any atom is -0.390 e. The molecule has 1 saturated carbocycles. The van der Waals surface area contributed by atoms with Crippen LogP contribution >= 0.6 is 11.6 Å². The van der Waals surface area contributed by atoms with Crippen LogP contribution in [0.3, 0.4) is 0 Å². The van der Waals surface area contributed by atoms with Gasteiger partial charge in [-0.05, 0) is 25.7 Å². The highest BCUT2D eigenvalue weighted by molar-refractivity contribution is 7.90. The number of anilines is 1. The largest absolute Gasteiger partial charge is 0.511 e. The summed E-state index contributed by atoms with van der Waals surface area (Å²) in [5, 5.41) is 27.7. The zero-order valence-electron chi connectivity index (χ0n) is 17.6. The molecule has 0 unspecified atom stereocenters. The van der Waals surface area contributed by atoms with Gasteiger partial charge in [-0.3, -0.25) is 0 Å². The summed E-state index contributed by atoms with van der Waals surface area (Å²) in [6.45, 7) is 0.907. The third-order valence-corrected chi connectivity index (χ3v) is 8.70. The fraction of sp³-hybridized carbons (Fsp3) is 0.632. The molecule has 180 valence electrons. The predicted molar refractivity (Wildman–Crippen MR) is 113 cm³/mol. The van der Waals surface area contributed by atoms with E-state index in [4.69, 9.17) is 11.6 Å². The number of sulfonamides is 1. The van der Waals surface area contributed by atoms with Crippen LogP contribution in [0.25, 0.3) is 5.52 Å². The Balaban J connectivity index is 1.61. The minimum absolute atomic E-state index is 0.0838. The van der Waals surface area contributed by atoms with E-state index in [1.165, 1.54) is 6.20 Å². The third kappa shape index (κ3) is 3.82. The lowest BCUT2D eigenvalue weighted by Crippen LogP contribution is -2.54. The Bertz CT molecular complexity index is 1220. The first-order chi connectivity index (χ1) is 15.4. The molecule has 2 fully saturated rings. The van der Waals surface area contributed by atoms with Crippen molar-refractivity contribution in [2.45, 2.75) is 62.1 Å². The molecule has 0 bridgehead atoms. The molecule has 14 heteroatoms. The molecule has 2 atom stereocenters. The normalized spacial score (nSPS) is 23.8. The number of hydrogen-bond acceptors (Lipinski definition) is 7. The Hall–Kier alpha value is -2.14. The van der Waals surface area contributed by atoms with Crippen LogP contribution in [0, 0.1) is 11.3 Å². The van der Waals surface area contributed by atoms with E-state index in [1.807, 2.05) is 6.92 Å². The Kier molecular flexibility index (Phi) is 6.01. The number of fused-ring (bicyclic) bond motifs is 1. The van der Waals surface area contributed by atoms with Crippen molar-refractivity contribution in [1.82, 2.24) is 18.9 Å². The first-order valence-electron chi connectivity index (χ1n) is 10.4. The van der Waals surface area contributed by atoms with Crippen LogP contribution in [0.1, 0.15) is 50.3 Å². The van der Waals surface area contributed by atoms with E-state index in [2.05, 4.69) is 21.5 Å². The Morgan fingerprint density at radius 3 is 2.64 bits per heavy atom. The highest BCUT2D eigenvalue weighted by atomic mass is 35.5. The lowest BCUT2D eigenvalue weighted by atomic mass is 9.64. The van der Waals surface area contributed by atoms with Gasteiger partial charge in [0, 0.05) is 18.5 Å². The van der Waals surface area contributed by atoms with Crippen LogP contribution < -0.4 is 5.32 Å². The molecule has 2 aliphatic rings. The minimum atomic E-state index is -5.52. The zero-order valence-corrected chi connectivity index (χ0v) is 19.2. The van der Waals surface area contributed by atoms with E-state index < -0.39 is 40.8 Å². The van der Waals surface area contributed by atoms with E-state index in [0.29, 0.717) is 16.8 Å². The van der Waals surface area contributed by atoms with Gasteiger partial charge >= 0.3 is 15.5 Å². The maximum absolute atomic E-state index is 12.8. The van der Waals surface area contributed by atoms with Crippen molar-refractivity contribution in [3.05, 3.63) is 22.5 Å². The van der Waals surface area contributed by atoms with Gasteiger partial charge in [0.05, 0.1) is 34.6 Å². The van der Waals surface area contributed by atoms with Crippen LogP contribution in [0.15, 0.2) is 6.20 Å². The molecular formula is C19H22ClF3N6O3S. The van der Waals surface area contributed by atoms with E-state index >= 15 is 0 Å². The number of nitrogens with one attached hydrogen (secondary N) is 1. The standard InChI is InChI=1S/C19H22ClF3N6O3S/c1-2-18(5-3-6-18)16-11(8-24)15(20)13-9-25-17(27-29(13)16)26-12-4-7-28(10-14(12)30)33(31,32)19(21,22)23/h9,12,14,30H,2-7,10H2,1H3,(H,26,27)/t12-,14+/m0/s1. The van der Waals surface area contributed by atoms with E-state index in [9.17, 15) is 32.0 Å². The summed E-state index contributed by atoms with van der Waals surface area (Å²) < 4.78 is 63.5. The van der Waals surface area contributed by atoms with Crippen molar-refractivity contribution < 1.29 is 26.7 Å². The Labute approximate surface area is 193 Å². The van der Waals surface area contributed by atoms with Gasteiger partial charge in [-0.1, -0.05) is 24.9 Å². The van der Waals surface area contributed by atoms with Crippen LogP contribution in [0.2, 0.25) is 5.02 Å². The maximum Gasteiger partial charge on any atom is 0.511 e. The van der Waals surface area contributed by atoms with Crippen molar-refractivity contribution in [2.75, 3.05) is 18.4 Å². The molecule has 3 heterocycles. The second kappa shape index (κ2) is 8.26. The van der Waals surface area contributed by atoms with E-state index in [1.54, 1.807) is 4.52 Å². The summed E-state index contributed by atoms with van der Waals surface area (Å²) in [6, 6.07) is 1.40. The molecule has 2 N–H and O–H groups in total. The highest BCUT2D eigenvalue weighted by Crippen LogP contribution is 2.49. The number of aromatic nitrogens is 3. The SMILES string of the molecule is CCC1(c2c(C#N)c(Cl)c3cnc(N[C@H]4CCN(S(=O)(=O)C(F)(F)F)C[C@H]4O)nn23)CCC1. The molecule has 1 aliphatic carbocycles. The summed E-state index contributed by atoms with van der Waals surface area (Å²) in [4.78, 5) is 4.18. The van der Waals surface area contributed by atoms with Gasteiger partial charge in [0.2, 0.25) is 5.95 Å². The summed E-state index contributed by atoms with van der Waals surface area (Å²) >= 11 is 6.43. The number of hydrogen-bond donors (Lipinski definition) is 2. The van der Waals surface area contributed by atoms with Crippen LogP contribution in [-0.2, 0) is 15.4 Å². The number of alkyl halides is 3. The maximum atomic E-state index is 12.8. The molecule has 0 spiro atoms. The number of β-amino-alcohol motifs (C(OH)–C–C–N with tert-alkyl or cyclic N) is 1. The quantitative estimate of drug-likeness (QED) is 0.639. The van der Waals surface area contributed by atoms with Gasteiger partial charge in [-0.25, -0.2) is 17.9 Å². The van der Waals surface area contributed by atoms with Crippen molar-refractivity contribution in [3.63, 3.8) is 0 Å². The second-order valence-corrected chi connectivity index (χ2v) is 10.7. The van der Waals surface area contributed by atoms with Crippen molar-refractivity contribution >= 4 is 33.1 Å². The molecule has 0 aromatic carbocycles. The van der Waals surface area contributed by atoms with Gasteiger partial charge in [0.15, 0.2) is 0 Å². The summed E-state index contributed by atoms with van der Waals surface area (Å²) in [6.07, 6.45) is 3.54. The Morgan fingerprint density at radius 2 is 2.12 bits per heavy atom. The molecule has 2 aromatic heterocycles. The molecule has 33 heavy (non-hydrogen) atoms. The van der Waals surface area contributed by atoms with Crippen LogP contribution in [0.4, 0.5) is 19.1 Å². The van der Waals surface area contributed by atoms with Crippen LogP contribution in [0.5, 0.6) is 0 Å². The van der Waals surface area contributed by atoms with Crippen molar-refractivity contribution in [1.29, 1.82) is 5.26 Å². The molecule has 4 rings (SSSR count). The number of rotatable bonds is 5. The first kappa shape index (κ1) is 24.0. The summed E-state index contributed by atoms with van der Waals surface area (Å²) in [7, 11) is -5.52. The second-order valence-electron chi connectivity index (χ2n) is 8.43. The van der Waals surface area contributed by atoms with Crippen molar-refractivity contribution in [2.24, 2.45) is 0 Å². The average molecular weight is 507 g/mol. The first-order valence-corrected chi connectivity index (χ1v) is 12.3. The van der Waals surface area contributed by atoms with Gasteiger partial charge in [0.25, 0.3) is 0 Å². The predicted octanol–water partition coefficient (Wildman–Crippen LogP) is 2.78. The Morgan fingerprint density at radius 1 is 1.42 bits per heavy atom.